The zero-order chi connectivity index (χ0) is 65.3. The van der Waals surface area contributed by atoms with E-state index in [1.165, 1.54) is 94.6 Å². The number of nitrogens with zero attached hydrogens (tertiary/aromatic N) is 7. The maximum Gasteiger partial charge on any atom is 0.246 e. The number of hydrogen-bond donors (Lipinski definition) is 5. The van der Waals surface area contributed by atoms with Crippen molar-refractivity contribution in [1.82, 2.24) is 55.6 Å². The molecule has 480 valence electrons. The van der Waals surface area contributed by atoms with Gasteiger partial charge < -0.3 is 60.7 Å². The second-order valence-electron chi connectivity index (χ2n) is 26.0. The first-order chi connectivity index (χ1) is 38.6. The number of likely N-dealkylation sites (N-methyl/N-ethyl adjacent to an activating group) is 7. The van der Waals surface area contributed by atoms with E-state index < -0.39 is 156 Å². The first-order valence-corrected chi connectivity index (χ1v) is 30.0. The molecule has 0 aromatic heterocycles. The van der Waals surface area contributed by atoms with Crippen LogP contribution in [0, 0.1) is 41.4 Å². The van der Waals surface area contributed by atoms with Gasteiger partial charge in [0.2, 0.25) is 65.0 Å². The van der Waals surface area contributed by atoms with E-state index in [1.54, 1.807) is 53.7 Å². The van der Waals surface area contributed by atoms with Gasteiger partial charge in [0.25, 0.3) is 0 Å². The molecule has 0 aromatic rings. The molecule has 1 aliphatic rings. The van der Waals surface area contributed by atoms with Gasteiger partial charge in [0.05, 0.1) is 18.7 Å². The standard InChI is InChI=1S/C61H109N11O12/c1-25-26-27-40(14)61(17,84)51-55(78)62-32-47(73)66(18)33-48(74)67(19)43(28-34(2)3)54(77)65-49(38(10)11)59(82)68(20)44(29-35(4)5)53(76)63-41(15)52(75)64-42(16)56(79)69(21)45(30-36(6)7)57(80)70(22)46(31-37(8)9)58(81)71(23)50(39(12)13)60(83)72(51)24/h25-26,34-46,49-51,84H,27-33H2,1-24H3,(H,62,78)(H,63,76)(H,64,75)(H,65,77)/b26-25+/t40-,41+,42-,43+,44+,45+,46+,49+,50+,51?,61+/m1/s1. The number of aliphatic hydroxyl groups is 1. The van der Waals surface area contributed by atoms with Crippen molar-refractivity contribution in [2.45, 2.75) is 210 Å². The average molecular weight is 1190 g/mol. The average Bonchev–Trinajstić information content (AvgIpc) is 3.57. The minimum atomic E-state index is -1.95. The number of nitrogens with one attached hydrogen (secondary N) is 4. The molecule has 5 N–H and O–H groups in total. The lowest BCUT2D eigenvalue weighted by atomic mass is 9.80. The summed E-state index contributed by atoms with van der Waals surface area (Å²) in [5.41, 5.74) is -1.95. The Morgan fingerprint density at radius 1 is 0.488 bits per heavy atom. The van der Waals surface area contributed by atoms with Crippen LogP contribution in [0.3, 0.4) is 0 Å². The minimum Gasteiger partial charge on any atom is -0.387 e. The molecule has 0 aliphatic carbocycles. The van der Waals surface area contributed by atoms with Crippen molar-refractivity contribution in [2.24, 2.45) is 41.4 Å². The fraction of sp³-hybridized carbons (Fsp3) is 0.787. The molecule has 0 bridgehead atoms. The molecule has 84 heavy (non-hydrogen) atoms. The smallest absolute Gasteiger partial charge is 0.246 e. The van der Waals surface area contributed by atoms with Crippen LogP contribution in [0.5, 0.6) is 0 Å². The molecule has 23 nitrogen and oxygen atoms in total. The molecule has 0 radical (unpaired) electrons. The fourth-order valence-electron chi connectivity index (χ4n) is 10.5. The molecular weight excluding hydrogens is 1080 g/mol. The monoisotopic (exact) mass is 1190 g/mol. The highest BCUT2D eigenvalue weighted by atomic mass is 16.3. The van der Waals surface area contributed by atoms with Crippen molar-refractivity contribution in [1.29, 1.82) is 0 Å². The van der Waals surface area contributed by atoms with Gasteiger partial charge in [-0.25, -0.2) is 0 Å². The lowest BCUT2D eigenvalue weighted by Crippen LogP contribution is -2.65. The summed E-state index contributed by atoms with van der Waals surface area (Å²) in [6.07, 6.45) is 4.49. The molecule has 1 rings (SSSR count). The third-order valence-corrected chi connectivity index (χ3v) is 16.1. The summed E-state index contributed by atoms with van der Waals surface area (Å²) in [6.45, 7) is 28.4. The van der Waals surface area contributed by atoms with Crippen LogP contribution in [0.2, 0.25) is 0 Å². The molecule has 1 heterocycles. The number of carbonyl (C=O) groups excluding carboxylic acids is 11. The van der Waals surface area contributed by atoms with Crippen LogP contribution < -0.4 is 21.3 Å². The van der Waals surface area contributed by atoms with Crippen molar-refractivity contribution in [3.63, 3.8) is 0 Å². The van der Waals surface area contributed by atoms with Crippen molar-refractivity contribution in [2.75, 3.05) is 62.4 Å². The molecule has 23 heteroatoms. The van der Waals surface area contributed by atoms with Gasteiger partial charge in [0.15, 0.2) is 0 Å². The van der Waals surface area contributed by atoms with Gasteiger partial charge in [-0.15, -0.1) is 0 Å². The Bertz CT molecular complexity index is 2320. The predicted molar refractivity (Wildman–Crippen MR) is 324 cm³/mol. The van der Waals surface area contributed by atoms with E-state index in [4.69, 9.17) is 0 Å². The Kier molecular flexibility index (Phi) is 30.3. The molecule has 0 spiro atoms. The maximum atomic E-state index is 15.1. The van der Waals surface area contributed by atoms with Crippen molar-refractivity contribution in [3.8, 4) is 0 Å². The van der Waals surface area contributed by atoms with Gasteiger partial charge in [-0.2, -0.15) is 0 Å². The first-order valence-electron chi connectivity index (χ1n) is 30.0. The second kappa shape index (κ2) is 33.5. The van der Waals surface area contributed by atoms with Crippen molar-refractivity contribution in [3.05, 3.63) is 12.2 Å². The maximum absolute atomic E-state index is 15.1. The molecule has 11 atom stereocenters. The Labute approximate surface area is 502 Å². The summed E-state index contributed by atoms with van der Waals surface area (Å²) >= 11 is 0. The summed E-state index contributed by atoms with van der Waals surface area (Å²) in [5, 5.41) is 23.2. The van der Waals surface area contributed by atoms with Gasteiger partial charge in [-0.1, -0.05) is 102 Å². The van der Waals surface area contributed by atoms with Gasteiger partial charge in [-0.3, -0.25) is 52.7 Å². The second-order valence-corrected chi connectivity index (χ2v) is 26.0. The van der Waals surface area contributed by atoms with Gasteiger partial charge in [-0.05, 0) is 101 Å². The summed E-state index contributed by atoms with van der Waals surface area (Å²) in [4.78, 5) is 167. The molecule has 1 saturated heterocycles. The highest BCUT2D eigenvalue weighted by molar-refractivity contribution is 5.99. The number of hydrogen-bond acceptors (Lipinski definition) is 12. The zero-order valence-corrected chi connectivity index (χ0v) is 55.4. The number of amides is 11. The van der Waals surface area contributed by atoms with E-state index in [0.29, 0.717) is 6.42 Å². The van der Waals surface area contributed by atoms with Gasteiger partial charge in [0.1, 0.15) is 54.4 Å². The molecule has 11 amide bonds. The molecular formula is C61H109N11O12. The van der Waals surface area contributed by atoms with Gasteiger partial charge in [0, 0.05) is 49.3 Å². The highest BCUT2D eigenvalue weighted by Crippen LogP contribution is 2.30. The Morgan fingerprint density at radius 2 is 0.905 bits per heavy atom. The molecule has 0 aromatic carbocycles. The minimum absolute atomic E-state index is 0.128. The van der Waals surface area contributed by atoms with Crippen LogP contribution in [-0.2, 0) is 52.7 Å². The third kappa shape index (κ3) is 20.8. The van der Waals surface area contributed by atoms with E-state index in [9.17, 15) is 48.3 Å². The van der Waals surface area contributed by atoms with Crippen LogP contribution >= 0.6 is 0 Å². The van der Waals surface area contributed by atoms with E-state index in [0.717, 1.165) is 9.80 Å². The Hall–Kier alpha value is -6.13. The van der Waals surface area contributed by atoms with Crippen LogP contribution in [-0.4, -0.2) is 227 Å². The van der Waals surface area contributed by atoms with E-state index in [1.807, 2.05) is 55.4 Å². The quantitative estimate of drug-likeness (QED) is 0.157. The summed E-state index contributed by atoms with van der Waals surface area (Å²) in [5.74, 6) is -9.86. The van der Waals surface area contributed by atoms with Crippen LogP contribution in [0.1, 0.15) is 150 Å². The Morgan fingerprint density at radius 3 is 1.36 bits per heavy atom. The van der Waals surface area contributed by atoms with E-state index in [-0.39, 0.29) is 49.4 Å². The zero-order valence-electron chi connectivity index (χ0n) is 55.4. The molecule has 1 fully saturated rings. The summed E-state index contributed by atoms with van der Waals surface area (Å²) in [7, 11) is 9.85. The van der Waals surface area contributed by atoms with E-state index in [2.05, 4.69) is 21.3 Å². The SMILES string of the molecule is C/C=C/C[C@@H](C)[C@](C)(O)C1C(=O)NCC(=O)N(C)CC(=O)N(C)[C@@H](CC(C)C)C(=O)N[C@@H](C(C)C)C(=O)N(C)[C@@H](CC(C)C)C(=O)N[C@@H](C)C(=O)N[C@H](C)C(=O)N(C)[C@@H](CC(C)C)C(=O)N(C)[C@@H](CC(C)C)C(=O)N(C)[C@@H](C(C)C)C(=O)N1C. The molecule has 0 saturated carbocycles. The topological polar surface area (TPSA) is 279 Å². The van der Waals surface area contributed by atoms with E-state index >= 15 is 9.59 Å². The van der Waals surface area contributed by atoms with Crippen LogP contribution in [0.25, 0.3) is 0 Å². The first kappa shape index (κ1) is 75.9. The lowest BCUT2D eigenvalue weighted by Gasteiger charge is -2.44. The summed E-state index contributed by atoms with van der Waals surface area (Å²) < 4.78 is 0. The summed E-state index contributed by atoms with van der Waals surface area (Å²) in [6, 6.07) is -11.1. The number of rotatable bonds is 14. The van der Waals surface area contributed by atoms with Crippen molar-refractivity contribution >= 4 is 65.0 Å². The molecule has 1 aliphatic heterocycles. The predicted octanol–water partition coefficient (Wildman–Crippen LogP) is 2.88. The van der Waals surface area contributed by atoms with Crippen LogP contribution in [0.4, 0.5) is 0 Å². The van der Waals surface area contributed by atoms with Crippen LogP contribution in [0.15, 0.2) is 12.2 Å². The number of carbonyl (C=O) groups is 11. The number of allylic oxidation sites excluding steroid dienone is 2. The molecule has 1 unspecified atom stereocenters. The largest absolute Gasteiger partial charge is 0.387 e. The lowest BCUT2D eigenvalue weighted by molar-refractivity contribution is -0.161. The normalized spacial score (nSPS) is 26.6. The highest BCUT2D eigenvalue weighted by Gasteiger charge is 2.49. The Balaban J connectivity index is 4.27. The third-order valence-electron chi connectivity index (χ3n) is 16.1. The fourth-order valence-corrected chi connectivity index (χ4v) is 10.5. The van der Waals surface area contributed by atoms with Crippen molar-refractivity contribution < 1.29 is 57.8 Å². The van der Waals surface area contributed by atoms with Gasteiger partial charge >= 0.3 is 0 Å².